The molecule has 0 bridgehead atoms. The van der Waals surface area contributed by atoms with Crippen molar-refractivity contribution in [2.45, 2.75) is 64.5 Å². The summed E-state index contributed by atoms with van der Waals surface area (Å²) in [5.41, 5.74) is 1.78. The van der Waals surface area contributed by atoms with Crippen LogP contribution in [0.1, 0.15) is 57.4 Å². The molecule has 0 atom stereocenters. The van der Waals surface area contributed by atoms with Crippen LogP contribution in [0.2, 0.25) is 0 Å². The summed E-state index contributed by atoms with van der Waals surface area (Å²) in [4.78, 5) is 2.37. The summed E-state index contributed by atoms with van der Waals surface area (Å²) in [7, 11) is -1.10. The molecule has 5 heteroatoms. The molecule has 0 amide bonds. The number of benzene rings is 1. The van der Waals surface area contributed by atoms with Crippen LogP contribution in [0, 0.1) is 0 Å². The zero-order chi connectivity index (χ0) is 16.7. The molecule has 1 aromatic rings. The summed E-state index contributed by atoms with van der Waals surface area (Å²) < 4.78 is 27.1. The van der Waals surface area contributed by atoms with Gasteiger partial charge >= 0.3 is 0 Å². The number of hydrogen-bond acceptors (Lipinski definition) is 3. The number of anilines is 1. The lowest BCUT2D eigenvalue weighted by Gasteiger charge is -2.31. The maximum atomic E-state index is 12.2. The summed E-state index contributed by atoms with van der Waals surface area (Å²) in [6.07, 6.45) is 8.03. The quantitative estimate of drug-likeness (QED) is 0.779. The Morgan fingerprint density at radius 2 is 1.87 bits per heavy atom. The highest BCUT2D eigenvalue weighted by atomic mass is 32.2. The topological polar surface area (TPSA) is 49.4 Å². The van der Waals surface area contributed by atoms with Crippen LogP contribution >= 0.6 is 0 Å². The summed E-state index contributed by atoms with van der Waals surface area (Å²) in [5, 5.41) is 0. The van der Waals surface area contributed by atoms with Crippen LogP contribution in [0.15, 0.2) is 24.3 Å². The first-order valence-electron chi connectivity index (χ1n) is 8.80. The van der Waals surface area contributed by atoms with Crippen LogP contribution in [-0.2, 0) is 16.6 Å². The van der Waals surface area contributed by atoms with Gasteiger partial charge in [-0.05, 0) is 37.9 Å². The molecule has 1 fully saturated rings. The third-order valence-electron chi connectivity index (χ3n) is 4.67. The maximum absolute atomic E-state index is 12.2. The Bertz CT molecular complexity index is 580. The molecule has 0 spiro atoms. The number of nitrogens with zero attached hydrogens (tertiary/aromatic N) is 1. The molecule has 1 aliphatic carbocycles. The van der Waals surface area contributed by atoms with Crippen molar-refractivity contribution in [2.75, 3.05) is 17.5 Å². The Hall–Kier alpha value is -1.07. The SMILES string of the molecule is CCCCS(=O)(=O)Nc1ccccc1CN(C)C1CCCCC1. The van der Waals surface area contributed by atoms with Gasteiger partial charge in [0.2, 0.25) is 10.0 Å². The van der Waals surface area contributed by atoms with Crippen LogP contribution < -0.4 is 4.72 Å². The third kappa shape index (κ3) is 5.81. The van der Waals surface area contributed by atoms with Crippen LogP contribution in [0.5, 0.6) is 0 Å². The van der Waals surface area contributed by atoms with Gasteiger partial charge in [0.05, 0.1) is 11.4 Å². The van der Waals surface area contributed by atoms with E-state index in [0.29, 0.717) is 12.5 Å². The largest absolute Gasteiger partial charge is 0.299 e. The molecule has 0 saturated heterocycles. The number of hydrogen-bond donors (Lipinski definition) is 1. The molecule has 1 N–H and O–H groups in total. The highest BCUT2D eigenvalue weighted by molar-refractivity contribution is 7.92. The van der Waals surface area contributed by atoms with E-state index in [9.17, 15) is 8.42 Å². The fraction of sp³-hybridized carbons (Fsp3) is 0.667. The summed E-state index contributed by atoms with van der Waals surface area (Å²) in [6, 6.07) is 8.38. The van der Waals surface area contributed by atoms with Gasteiger partial charge in [-0.1, -0.05) is 50.8 Å². The Morgan fingerprint density at radius 1 is 1.17 bits per heavy atom. The van der Waals surface area contributed by atoms with Crippen molar-refractivity contribution in [2.24, 2.45) is 0 Å². The van der Waals surface area contributed by atoms with E-state index < -0.39 is 10.0 Å². The highest BCUT2D eigenvalue weighted by Gasteiger charge is 2.19. The van der Waals surface area contributed by atoms with Crippen molar-refractivity contribution < 1.29 is 8.42 Å². The van der Waals surface area contributed by atoms with Crippen molar-refractivity contribution in [3.63, 3.8) is 0 Å². The molecular weight excluding hydrogens is 308 g/mol. The predicted molar refractivity (Wildman–Crippen MR) is 97.1 cm³/mol. The van der Waals surface area contributed by atoms with Gasteiger partial charge in [0.1, 0.15) is 0 Å². The van der Waals surface area contributed by atoms with E-state index in [1.54, 1.807) is 0 Å². The molecule has 1 aliphatic rings. The summed E-state index contributed by atoms with van der Waals surface area (Å²) >= 11 is 0. The standard InChI is InChI=1S/C18H30N2O2S/c1-3-4-14-23(21,22)19-18-13-9-8-10-16(18)15-20(2)17-11-6-5-7-12-17/h8-10,13,17,19H,3-7,11-12,14-15H2,1-2H3. The fourth-order valence-corrected chi connectivity index (χ4v) is 4.54. The van der Waals surface area contributed by atoms with E-state index in [1.165, 1.54) is 32.1 Å². The van der Waals surface area contributed by atoms with E-state index in [1.807, 2.05) is 31.2 Å². The van der Waals surface area contributed by atoms with E-state index in [0.717, 1.165) is 24.2 Å². The van der Waals surface area contributed by atoms with E-state index in [4.69, 9.17) is 0 Å². The van der Waals surface area contributed by atoms with E-state index >= 15 is 0 Å². The Balaban J connectivity index is 2.04. The normalized spacial score (nSPS) is 16.7. The minimum absolute atomic E-state index is 0.191. The Labute approximate surface area is 141 Å². The molecule has 0 heterocycles. The lowest BCUT2D eigenvalue weighted by Crippen LogP contribution is -2.33. The summed E-state index contributed by atoms with van der Waals surface area (Å²) in [5.74, 6) is 0.191. The van der Waals surface area contributed by atoms with Crippen molar-refractivity contribution in [1.82, 2.24) is 4.90 Å². The molecule has 0 radical (unpaired) electrons. The van der Waals surface area contributed by atoms with Crippen LogP contribution in [-0.4, -0.2) is 32.2 Å². The second-order valence-electron chi connectivity index (χ2n) is 6.64. The van der Waals surface area contributed by atoms with Crippen molar-refractivity contribution >= 4 is 15.7 Å². The molecule has 23 heavy (non-hydrogen) atoms. The van der Waals surface area contributed by atoms with Crippen LogP contribution in [0.25, 0.3) is 0 Å². The molecule has 1 aromatic carbocycles. The van der Waals surface area contributed by atoms with Gasteiger partial charge in [-0.15, -0.1) is 0 Å². The molecular formula is C18H30N2O2S. The molecule has 1 saturated carbocycles. The Morgan fingerprint density at radius 3 is 2.57 bits per heavy atom. The first-order chi connectivity index (χ1) is 11.0. The first-order valence-corrected chi connectivity index (χ1v) is 10.5. The third-order valence-corrected chi connectivity index (χ3v) is 6.02. The average Bonchev–Trinajstić information content (AvgIpc) is 2.55. The lowest BCUT2D eigenvalue weighted by molar-refractivity contribution is 0.185. The zero-order valence-electron chi connectivity index (χ0n) is 14.4. The molecule has 130 valence electrons. The monoisotopic (exact) mass is 338 g/mol. The first kappa shape index (κ1) is 18.3. The second kappa shape index (κ2) is 8.69. The maximum Gasteiger partial charge on any atom is 0.232 e. The molecule has 0 aliphatic heterocycles. The van der Waals surface area contributed by atoms with Crippen molar-refractivity contribution in [1.29, 1.82) is 0 Å². The van der Waals surface area contributed by atoms with Gasteiger partial charge in [0, 0.05) is 12.6 Å². The molecule has 0 unspecified atom stereocenters. The summed E-state index contributed by atoms with van der Waals surface area (Å²) in [6.45, 7) is 2.79. The number of sulfonamides is 1. The number of unbranched alkanes of at least 4 members (excludes halogenated alkanes) is 1. The van der Waals surface area contributed by atoms with Crippen LogP contribution in [0.4, 0.5) is 5.69 Å². The van der Waals surface area contributed by atoms with Gasteiger partial charge < -0.3 is 0 Å². The van der Waals surface area contributed by atoms with Gasteiger partial charge in [-0.25, -0.2) is 8.42 Å². The van der Waals surface area contributed by atoms with Gasteiger partial charge in [-0.3, -0.25) is 9.62 Å². The fourth-order valence-electron chi connectivity index (χ4n) is 3.23. The zero-order valence-corrected chi connectivity index (χ0v) is 15.2. The van der Waals surface area contributed by atoms with Crippen LogP contribution in [0.3, 0.4) is 0 Å². The number of rotatable bonds is 8. The highest BCUT2D eigenvalue weighted by Crippen LogP contribution is 2.25. The van der Waals surface area contributed by atoms with E-state index in [-0.39, 0.29) is 5.75 Å². The number of nitrogens with one attached hydrogen (secondary N) is 1. The van der Waals surface area contributed by atoms with Gasteiger partial charge in [-0.2, -0.15) is 0 Å². The van der Waals surface area contributed by atoms with E-state index in [2.05, 4.69) is 16.7 Å². The van der Waals surface area contributed by atoms with Gasteiger partial charge in [0.25, 0.3) is 0 Å². The lowest BCUT2D eigenvalue weighted by atomic mass is 9.94. The predicted octanol–water partition coefficient (Wildman–Crippen LogP) is 3.99. The molecule has 0 aromatic heterocycles. The smallest absolute Gasteiger partial charge is 0.232 e. The number of para-hydroxylation sites is 1. The Kier molecular flexibility index (Phi) is 6.90. The molecule has 2 rings (SSSR count). The average molecular weight is 339 g/mol. The van der Waals surface area contributed by atoms with Gasteiger partial charge in [0.15, 0.2) is 0 Å². The van der Waals surface area contributed by atoms with Crippen molar-refractivity contribution in [3.8, 4) is 0 Å². The van der Waals surface area contributed by atoms with Crippen molar-refractivity contribution in [3.05, 3.63) is 29.8 Å². The second-order valence-corrected chi connectivity index (χ2v) is 8.48. The minimum Gasteiger partial charge on any atom is -0.299 e. The minimum atomic E-state index is -3.25. The molecule has 4 nitrogen and oxygen atoms in total.